The molecular formula is C18H21F3N4O2. The average molecular weight is 382 g/mol. The van der Waals surface area contributed by atoms with E-state index in [0.29, 0.717) is 23.4 Å². The summed E-state index contributed by atoms with van der Waals surface area (Å²) in [5.74, 6) is -0.156. The van der Waals surface area contributed by atoms with E-state index in [2.05, 4.69) is 19.8 Å². The summed E-state index contributed by atoms with van der Waals surface area (Å²) in [6.45, 7) is 5.42. The summed E-state index contributed by atoms with van der Waals surface area (Å²) in [6, 6.07) is 3.97. The van der Waals surface area contributed by atoms with Gasteiger partial charge >= 0.3 is 6.36 Å². The van der Waals surface area contributed by atoms with Gasteiger partial charge in [0.2, 0.25) is 0 Å². The summed E-state index contributed by atoms with van der Waals surface area (Å²) in [5.41, 5.74) is 0.633. The number of H-pyrrole nitrogens is 1. The number of halogens is 3. The molecule has 3 aliphatic heterocycles. The first-order valence-corrected chi connectivity index (χ1v) is 9.13. The molecule has 3 fully saturated rings. The Kier molecular flexibility index (Phi) is 4.49. The van der Waals surface area contributed by atoms with Gasteiger partial charge in [-0.15, -0.1) is 13.2 Å². The number of ether oxygens (including phenoxy) is 1. The molecule has 2 aromatic rings. The fourth-order valence-corrected chi connectivity index (χ4v) is 4.30. The number of piperidine rings is 3. The first-order valence-electron chi connectivity index (χ1n) is 9.13. The van der Waals surface area contributed by atoms with E-state index in [1.165, 1.54) is 18.2 Å². The second-order valence-corrected chi connectivity index (χ2v) is 7.12. The van der Waals surface area contributed by atoms with Crippen LogP contribution in [0.5, 0.6) is 5.75 Å². The molecule has 1 aromatic carbocycles. The van der Waals surface area contributed by atoms with E-state index in [9.17, 15) is 18.0 Å². The van der Waals surface area contributed by atoms with E-state index in [-0.39, 0.29) is 23.4 Å². The van der Waals surface area contributed by atoms with Crippen LogP contribution in [0.15, 0.2) is 18.2 Å². The number of hydrogen-bond acceptors (Lipinski definition) is 4. The third kappa shape index (κ3) is 3.47. The van der Waals surface area contributed by atoms with Crippen LogP contribution in [0.4, 0.5) is 13.2 Å². The number of aromatic amines is 1. The number of carbonyl (C=O) groups is 1. The predicted octanol–water partition coefficient (Wildman–Crippen LogP) is 3.02. The van der Waals surface area contributed by atoms with E-state index in [1.54, 1.807) is 0 Å². The van der Waals surface area contributed by atoms with Crippen LogP contribution in [-0.2, 0) is 0 Å². The molecule has 4 heterocycles. The minimum Gasteiger partial charge on any atom is -0.406 e. The molecule has 5 rings (SSSR count). The minimum absolute atomic E-state index is 0.117. The van der Waals surface area contributed by atoms with Crippen LogP contribution in [0.3, 0.4) is 0 Å². The van der Waals surface area contributed by atoms with Gasteiger partial charge in [-0.3, -0.25) is 9.89 Å². The van der Waals surface area contributed by atoms with Crippen molar-refractivity contribution in [3.63, 3.8) is 0 Å². The Bertz CT molecular complexity index is 843. The molecule has 1 amide bonds. The number of amides is 1. The molecule has 0 unspecified atom stereocenters. The second-order valence-electron chi connectivity index (χ2n) is 7.12. The summed E-state index contributed by atoms with van der Waals surface area (Å²) in [5, 5.41) is 7.16. The third-order valence-corrected chi connectivity index (χ3v) is 5.59. The molecule has 146 valence electrons. The lowest BCUT2D eigenvalue weighted by Crippen LogP contribution is -2.58. The van der Waals surface area contributed by atoms with E-state index in [0.717, 1.165) is 32.5 Å². The summed E-state index contributed by atoms with van der Waals surface area (Å²) < 4.78 is 41.5. The highest BCUT2D eigenvalue weighted by Crippen LogP contribution is 2.33. The topological polar surface area (TPSA) is 61.5 Å². The molecular weight excluding hydrogens is 361 g/mol. The Balaban J connectivity index is 1.64. The Morgan fingerprint density at radius 1 is 1.37 bits per heavy atom. The standard InChI is InChI=1S/C18H21F3N4O2/c1-2-25(15-10-24-7-5-11(15)6-8-24)17(26)16-13-9-12(27-18(19,20)21)3-4-14(13)22-23-16/h3-4,9,11,15H,2,5-8,10H2,1H3,(H,22,23)/t15-/m1/s1. The highest BCUT2D eigenvalue weighted by molar-refractivity contribution is 6.05. The summed E-state index contributed by atoms with van der Waals surface area (Å²) in [7, 11) is 0. The van der Waals surface area contributed by atoms with Crippen molar-refractivity contribution in [3.05, 3.63) is 23.9 Å². The lowest BCUT2D eigenvalue weighted by molar-refractivity contribution is -0.274. The van der Waals surface area contributed by atoms with Crippen LogP contribution in [-0.4, -0.2) is 64.5 Å². The molecule has 9 heteroatoms. The van der Waals surface area contributed by atoms with Crippen LogP contribution in [0.2, 0.25) is 0 Å². The summed E-state index contributed by atoms with van der Waals surface area (Å²) >= 11 is 0. The molecule has 0 saturated carbocycles. The van der Waals surface area contributed by atoms with Crippen molar-refractivity contribution < 1.29 is 22.7 Å². The van der Waals surface area contributed by atoms with Crippen LogP contribution < -0.4 is 4.74 Å². The molecule has 1 N–H and O–H groups in total. The summed E-state index contributed by atoms with van der Waals surface area (Å²) in [4.78, 5) is 17.4. The fraction of sp³-hybridized carbons (Fsp3) is 0.556. The number of benzene rings is 1. The normalized spacial score (nSPS) is 25.0. The molecule has 3 aliphatic rings. The van der Waals surface area contributed by atoms with E-state index in [4.69, 9.17) is 0 Å². The van der Waals surface area contributed by atoms with Crippen molar-refractivity contribution >= 4 is 16.8 Å². The quantitative estimate of drug-likeness (QED) is 0.883. The van der Waals surface area contributed by atoms with Crippen LogP contribution in [0.25, 0.3) is 10.9 Å². The Labute approximate surface area is 154 Å². The molecule has 0 aliphatic carbocycles. The number of fused-ring (bicyclic) bond motifs is 4. The number of alkyl halides is 3. The fourth-order valence-electron chi connectivity index (χ4n) is 4.30. The Morgan fingerprint density at radius 2 is 2.11 bits per heavy atom. The van der Waals surface area contributed by atoms with Crippen molar-refractivity contribution in [3.8, 4) is 5.75 Å². The van der Waals surface area contributed by atoms with Crippen LogP contribution in [0.1, 0.15) is 30.3 Å². The molecule has 3 saturated heterocycles. The number of hydrogen-bond donors (Lipinski definition) is 1. The molecule has 1 aromatic heterocycles. The second kappa shape index (κ2) is 6.70. The number of nitrogens with one attached hydrogen (secondary N) is 1. The zero-order valence-electron chi connectivity index (χ0n) is 14.9. The molecule has 0 spiro atoms. The maximum atomic E-state index is 13.2. The number of aromatic nitrogens is 2. The monoisotopic (exact) mass is 382 g/mol. The van der Waals surface area contributed by atoms with Gasteiger partial charge in [0.1, 0.15) is 5.75 Å². The predicted molar refractivity (Wildman–Crippen MR) is 92.4 cm³/mol. The maximum absolute atomic E-state index is 13.2. The molecule has 0 radical (unpaired) electrons. The van der Waals surface area contributed by atoms with E-state index in [1.807, 2.05) is 11.8 Å². The van der Waals surface area contributed by atoms with Gasteiger partial charge < -0.3 is 14.5 Å². The molecule has 27 heavy (non-hydrogen) atoms. The minimum atomic E-state index is -4.78. The maximum Gasteiger partial charge on any atom is 0.573 e. The van der Waals surface area contributed by atoms with Gasteiger partial charge in [0.05, 0.1) is 5.52 Å². The molecule has 1 atom stereocenters. The Hall–Kier alpha value is -2.29. The van der Waals surface area contributed by atoms with Crippen LogP contribution in [0, 0.1) is 5.92 Å². The first-order chi connectivity index (χ1) is 12.9. The van der Waals surface area contributed by atoms with Crippen molar-refractivity contribution in [2.45, 2.75) is 32.2 Å². The van der Waals surface area contributed by atoms with Gasteiger partial charge in [0.25, 0.3) is 5.91 Å². The Morgan fingerprint density at radius 3 is 2.70 bits per heavy atom. The van der Waals surface area contributed by atoms with Gasteiger partial charge in [-0.1, -0.05) is 0 Å². The van der Waals surface area contributed by atoms with Crippen molar-refractivity contribution in [1.82, 2.24) is 20.0 Å². The zero-order valence-corrected chi connectivity index (χ0v) is 14.9. The van der Waals surface area contributed by atoms with E-state index < -0.39 is 6.36 Å². The van der Waals surface area contributed by atoms with Gasteiger partial charge in [0.15, 0.2) is 5.69 Å². The highest BCUT2D eigenvalue weighted by atomic mass is 19.4. The summed E-state index contributed by atoms with van der Waals surface area (Å²) in [6.07, 6.45) is -2.65. The molecule has 2 bridgehead atoms. The van der Waals surface area contributed by atoms with Crippen molar-refractivity contribution in [2.24, 2.45) is 5.92 Å². The molecule has 6 nitrogen and oxygen atoms in total. The SMILES string of the molecule is CCN(C(=O)c1n[nH]c2ccc(OC(F)(F)F)cc12)[C@@H]1CN2CCC1CC2. The highest BCUT2D eigenvalue weighted by Gasteiger charge is 2.39. The van der Waals surface area contributed by atoms with Gasteiger partial charge in [-0.2, -0.15) is 5.10 Å². The lowest BCUT2D eigenvalue weighted by atomic mass is 9.83. The third-order valence-electron chi connectivity index (χ3n) is 5.59. The van der Waals surface area contributed by atoms with E-state index >= 15 is 0 Å². The van der Waals surface area contributed by atoms with Gasteiger partial charge in [-0.25, -0.2) is 0 Å². The van der Waals surface area contributed by atoms with Gasteiger partial charge in [-0.05, 0) is 57.0 Å². The number of likely N-dealkylation sites (N-methyl/N-ethyl adjacent to an activating group) is 1. The van der Waals surface area contributed by atoms with Crippen molar-refractivity contribution in [1.29, 1.82) is 0 Å². The smallest absolute Gasteiger partial charge is 0.406 e. The van der Waals surface area contributed by atoms with Crippen LogP contribution >= 0.6 is 0 Å². The first kappa shape index (κ1) is 18.1. The number of carbonyl (C=O) groups excluding carboxylic acids is 1. The lowest BCUT2D eigenvalue weighted by Gasteiger charge is -2.48. The van der Waals surface area contributed by atoms with Gasteiger partial charge in [0, 0.05) is 24.5 Å². The number of rotatable bonds is 4. The number of nitrogens with zero attached hydrogens (tertiary/aromatic N) is 3. The largest absolute Gasteiger partial charge is 0.573 e. The zero-order chi connectivity index (χ0) is 19.2. The van der Waals surface area contributed by atoms with Crippen molar-refractivity contribution in [2.75, 3.05) is 26.2 Å². The average Bonchev–Trinajstić information content (AvgIpc) is 3.05.